The van der Waals surface area contributed by atoms with Crippen LogP contribution in [0.2, 0.25) is 0 Å². The van der Waals surface area contributed by atoms with Crippen LogP contribution >= 0.6 is 0 Å². The number of aryl methyl sites for hydroxylation is 3. The minimum absolute atomic E-state index is 0.124. The molecule has 0 spiro atoms. The molecule has 0 bridgehead atoms. The van der Waals surface area contributed by atoms with E-state index in [1.54, 1.807) is 37.3 Å². The predicted octanol–water partition coefficient (Wildman–Crippen LogP) is 2.69. The quantitative estimate of drug-likeness (QED) is 0.590. The highest BCUT2D eigenvalue weighted by atomic mass is 16.5. The summed E-state index contributed by atoms with van der Waals surface area (Å²) in [6.45, 7) is 5.33. The third kappa shape index (κ3) is 3.74. The van der Waals surface area contributed by atoms with Gasteiger partial charge in [-0.15, -0.1) is 10.2 Å². The van der Waals surface area contributed by atoms with Crippen LogP contribution in [0.25, 0.3) is 0 Å². The number of hydrogen-bond donors (Lipinski definition) is 0. The van der Waals surface area contributed by atoms with Gasteiger partial charge < -0.3 is 23.5 Å². The molecular weight excluding hydrogens is 386 g/mol. The summed E-state index contributed by atoms with van der Waals surface area (Å²) in [7, 11) is 3.31. The second-order valence-electron chi connectivity index (χ2n) is 7.41. The summed E-state index contributed by atoms with van der Waals surface area (Å²) in [5, 5.41) is 12.4. The number of hydrogen-bond acceptors (Lipinski definition) is 7. The zero-order chi connectivity index (χ0) is 21.3. The van der Waals surface area contributed by atoms with Crippen molar-refractivity contribution >= 4 is 5.91 Å². The molecule has 0 N–H and O–H groups in total. The molecule has 0 radical (unpaired) electrons. The minimum Gasteiger partial charge on any atom is -0.493 e. The highest BCUT2D eigenvalue weighted by Crippen LogP contribution is 2.30. The molecule has 0 fully saturated rings. The monoisotopic (exact) mass is 411 g/mol. The number of aromatic nitrogens is 4. The van der Waals surface area contributed by atoms with Gasteiger partial charge in [-0.1, -0.05) is 5.16 Å². The summed E-state index contributed by atoms with van der Waals surface area (Å²) in [5.41, 5.74) is 2.21. The van der Waals surface area contributed by atoms with E-state index in [2.05, 4.69) is 19.9 Å². The van der Waals surface area contributed by atoms with Gasteiger partial charge in [-0.25, -0.2) is 0 Å². The van der Waals surface area contributed by atoms with Gasteiger partial charge in [0, 0.05) is 25.6 Å². The van der Waals surface area contributed by atoms with Crippen molar-refractivity contribution < 1.29 is 18.8 Å². The lowest BCUT2D eigenvalue weighted by molar-refractivity contribution is 0.0779. The normalized spacial score (nSPS) is 12.7. The molecule has 0 aliphatic carbocycles. The first-order valence-electron chi connectivity index (χ1n) is 9.87. The van der Waals surface area contributed by atoms with Crippen LogP contribution in [-0.2, 0) is 26.1 Å². The Bertz CT molecular complexity index is 1050. The van der Waals surface area contributed by atoms with Crippen LogP contribution in [0.15, 0.2) is 22.7 Å². The van der Waals surface area contributed by atoms with E-state index in [0.717, 1.165) is 48.1 Å². The first-order valence-corrected chi connectivity index (χ1v) is 9.87. The molecule has 0 saturated heterocycles. The van der Waals surface area contributed by atoms with Crippen LogP contribution in [0, 0.1) is 13.8 Å². The molecule has 1 aliphatic rings. The van der Waals surface area contributed by atoms with Gasteiger partial charge in [-0.2, -0.15) is 0 Å². The van der Waals surface area contributed by atoms with E-state index in [4.69, 9.17) is 14.0 Å². The number of ether oxygens (including phenoxy) is 2. The molecule has 30 heavy (non-hydrogen) atoms. The second-order valence-corrected chi connectivity index (χ2v) is 7.41. The zero-order valence-corrected chi connectivity index (χ0v) is 17.6. The van der Waals surface area contributed by atoms with Crippen LogP contribution in [0.3, 0.4) is 0 Å². The Labute approximate surface area is 174 Å². The smallest absolute Gasteiger partial charge is 0.254 e. The van der Waals surface area contributed by atoms with Crippen molar-refractivity contribution in [3.8, 4) is 11.5 Å². The second kappa shape index (κ2) is 8.17. The lowest BCUT2D eigenvalue weighted by Crippen LogP contribution is -2.27. The van der Waals surface area contributed by atoms with E-state index in [0.29, 0.717) is 30.2 Å². The maximum absolute atomic E-state index is 12.9. The van der Waals surface area contributed by atoms with Crippen molar-refractivity contribution in [2.45, 2.75) is 46.4 Å². The average molecular weight is 411 g/mol. The molecule has 0 unspecified atom stereocenters. The molecular formula is C21H25N5O4. The van der Waals surface area contributed by atoms with E-state index in [9.17, 15) is 4.79 Å². The van der Waals surface area contributed by atoms with Gasteiger partial charge in [0.1, 0.15) is 18.2 Å². The zero-order valence-electron chi connectivity index (χ0n) is 17.6. The Morgan fingerprint density at radius 1 is 1.27 bits per heavy atom. The Morgan fingerprint density at radius 2 is 2.10 bits per heavy atom. The molecule has 1 amide bonds. The largest absolute Gasteiger partial charge is 0.493 e. The summed E-state index contributed by atoms with van der Waals surface area (Å²) in [5.74, 6) is 3.44. The van der Waals surface area contributed by atoms with Gasteiger partial charge in [0.25, 0.3) is 5.91 Å². The van der Waals surface area contributed by atoms with Gasteiger partial charge in [0.05, 0.1) is 24.9 Å². The molecule has 9 nitrogen and oxygen atoms in total. The first kappa shape index (κ1) is 19.9. The first-order chi connectivity index (χ1) is 14.5. The van der Waals surface area contributed by atoms with Crippen molar-refractivity contribution in [1.29, 1.82) is 0 Å². The summed E-state index contributed by atoms with van der Waals surface area (Å²) in [4.78, 5) is 14.6. The highest BCUT2D eigenvalue weighted by Gasteiger charge is 2.21. The van der Waals surface area contributed by atoms with E-state index in [-0.39, 0.29) is 5.91 Å². The minimum atomic E-state index is -0.124. The van der Waals surface area contributed by atoms with Crippen LogP contribution in [0.4, 0.5) is 0 Å². The SMILES string of the molecule is COc1cc(C(=O)N(C)Cc2nnc3n2CCC3)ccc1OCc1c(C)noc1C. The van der Waals surface area contributed by atoms with Gasteiger partial charge in [-0.05, 0) is 38.5 Å². The summed E-state index contributed by atoms with van der Waals surface area (Å²) < 4.78 is 18.6. The van der Waals surface area contributed by atoms with Gasteiger partial charge in [-0.3, -0.25) is 4.79 Å². The van der Waals surface area contributed by atoms with E-state index >= 15 is 0 Å². The fourth-order valence-electron chi connectivity index (χ4n) is 3.61. The van der Waals surface area contributed by atoms with Crippen molar-refractivity contribution in [3.05, 3.63) is 52.4 Å². The van der Waals surface area contributed by atoms with Crippen molar-refractivity contribution in [1.82, 2.24) is 24.8 Å². The maximum Gasteiger partial charge on any atom is 0.254 e. The van der Waals surface area contributed by atoms with Crippen LogP contribution in [-0.4, -0.2) is 44.9 Å². The van der Waals surface area contributed by atoms with Crippen molar-refractivity contribution in [2.24, 2.45) is 0 Å². The van der Waals surface area contributed by atoms with E-state index in [1.807, 2.05) is 13.8 Å². The number of carbonyl (C=O) groups is 1. The van der Waals surface area contributed by atoms with Crippen LogP contribution < -0.4 is 9.47 Å². The van der Waals surface area contributed by atoms with Gasteiger partial charge >= 0.3 is 0 Å². The molecule has 0 saturated carbocycles. The number of methoxy groups -OCH3 is 1. The molecule has 2 aromatic heterocycles. The van der Waals surface area contributed by atoms with Gasteiger partial charge in [0.2, 0.25) is 0 Å². The lowest BCUT2D eigenvalue weighted by atomic mass is 10.1. The van der Waals surface area contributed by atoms with E-state index in [1.165, 1.54) is 0 Å². The molecule has 9 heteroatoms. The molecule has 0 atom stereocenters. The lowest BCUT2D eigenvalue weighted by Gasteiger charge is -2.18. The summed E-state index contributed by atoms with van der Waals surface area (Å²) >= 11 is 0. The Morgan fingerprint density at radius 3 is 2.83 bits per heavy atom. The number of fused-ring (bicyclic) bond motifs is 1. The van der Waals surface area contributed by atoms with E-state index < -0.39 is 0 Å². The number of benzene rings is 1. The highest BCUT2D eigenvalue weighted by molar-refractivity contribution is 5.94. The van der Waals surface area contributed by atoms with Crippen LogP contribution in [0.5, 0.6) is 11.5 Å². The predicted molar refractivity (Wildman–Crippen MR) is 107 cm³/mol. The molecule has 3 aromatic rings. The van der Waals surface area contributed by atoms with Gasteiger partial charge in [0.15, 0.2) is 17.3 Å². The molecule has 4 rings (SSSR count). The third-order valence-electron chi connectivity index (χ3n) is 5.38. The maximum atomic E-state index is 12.9. The number of carbonyl (C=O) groups excluding carboxylic acids is 1. The third-order valence-corrected chi connectivity index (χ3v) is 5.38. The number of amides is 1. The van der Waals surface area contributed by atoms with Crippen molar-refractivity contribution in [3.63, 3.8) is 0 Å². The molecule has 1 aliphatic heterocycles. The Kier molecular flexibility index (Phi) is 5.43. The topological polar surface area (TPSA) is 95.5 Å². The van der Waals surface area contributed by atoms with Crippen LogP contribution in [0.1, 0.15) is 45.4 Å². The average Bonchev–Trinajstić information content (AvgIpc) is 3.44. The molecule has 1 aromatic carbocycles. The molecule has 158 valence electrons. The number of nitrogens with zero attached hydrogens (tertiary/aromatic N) is 5. The Hall–Kier alpha value is -3.36. The number of rotatable bonds is 7. The molecule has 3 heterocycles. The fourth-order valence-corrected chi connectivity index (χ4v) is 3.61. The summed E-state index contributed by atoms with van der Waals surface area (Å²) in [6, 6.07) is 5.17. The summed E-state index contributed by atoms with van der Waals surface area (Å²) in [6.07, 6.45) is 2.01. The van der Waals surface area contributed by atoms with Crippen molar-refractivity contribution in [2.75, 3.05) is 14.2 Å². The fraction of sp³-hybridized carbons (Fsp3) is 0.429. The Balaban J connectivity index is 1.46. The standard InChI is InChI=1S/C21H25N5O4/c1-13-16(14(2)30-24-13)12-29-17-8-7-15(10-18(17)28-4)21(27)25(3)11-20-23-22-19-6-5-9-26(19)20/h7-8,10H,5-6,9,11-12H2,1-4H3.